The Morgan fingerprint density at radius 3 is 2.62 bits per heavy atom. The molecule has 1 aliphatic heterocycles. The first-order valence-electron chi connectivity index (χ1n) is 7.00. The number of piperidine rings is 1. The number of hydrogen-bond donors (Lipinski definition) is 2. The maximum absolute atomic E-state index is 12.0. The maximum atomic E-state index is 12.0. The van der Waals surface area contributed by atoms with Crippen LogP contribution in [0.1, 0.15) is 30.1 Å². The highest BCUT2D eigenvalue weighted by Crippen LogP contribution is 2.16. The van der Waals surface area contributed by atoms with Crippen LogP contribution >= 0.6 is 0 Å². The molecule has 21 heavy (non-hydrogen) atoms. The molecule has 1 heterocycles. The molecule has 116 valence electrons. The molecule has 0 radical (unpaired) electrons. The van der Waals surface area contributed by atoms with E-state index in [1.807, 2.05) is 0 Å². The van der Waals surface area contributed by atoms with Crippen LogP contribution in [0, 0.1) is 0 Å². The van der Waals surface area contributed by atoms with Crippen molar-refractivity contribution in [2.24, 2.45) is 0 Å². The molecule has 0 bridgehead atoms. The predicted molar refractivity (Wildman–Crippen MR) is 79.6 cm³/mol. The highest BCUT2D eigenvalue weighted by atomic mass is 32.2. The van der Waals surface area contributed by atoms with Crippen LogP contribution in [0.15, 0.2) is 24.3 Å². The van der Waals surface area contributed by atoms with Gasteiger partial charge in [0.15, 0.2) is 0 Å². The first kappa shape index (κ1) is 15.8. The van der Waals surface area contributed by atoms with E-state index in [2.05, 4.69) is 5.32 Å². The summed E-state index contributed by atoms with van der Waals surface area (Å²) in [7, 11) is -3.14. The Labute approximate surface area is 124 Å². The lowest BCUT2D eigenvalue weighted by Gasteiger charge is -2.31. The van der Waals surface area contributed by atoms with Gasteiger partial charge in [-0.25, -0.2) is 12.7 Å². The molecule has 0 unspecified atom stereocenters. The standard InChI is InChI=1S/C14H20N2O4S/c1-2-21(19,20)16-8-6-12(7-9-16)15-14(18)11-4-3-5-13(17)10-11/h3-5,10,12,17H,2,6-9H2,1H3,(H,15,18). The van der Waals surface area contributed by atoms with E-state index >= 15 is 0 Å². The molecule has 0 saturated carbocycles. The van der Waals surface area contributed by atoms with E-state index in [1.54, 1.807) is 19.1 Å². The zero-order valence-corrected chi connectivity index (χ0v) is 12.8. The van der Waals surface area contributed by atoms with Gasteiger partial charge in [-0.1, -0.05) is 6.07 Å². The van der Waals surface area contributed by atoms with Crippen molar-refractivity contribution in [2.45, 2.75) is 25.8 Å². The van der Waals surface area contributed by atoms with E-state index < -0.39 is 10.0 Å². The summed E-state index contributed by atoms with van der Waals surface area (Å²) >= 11 is 0. The average molecular weight is 312 g/mol. The summed E-state index contributed by atoms with van der Waals surface area (Å²) in [5, 5.41) is 12.2. The summed E-state index contributed by atoms with van der Waals surface area (Å²) < 4.78 is 25.0. The van der Waals surface area contributed by atoms with Crippen LogP contribution in [-0.2, 0) is 10.0 Å². The average Bonchev–Trinajstić information content (AvgIpc) is 2.48. The minimum absolute atomic E-state index is 0.0387. The SMILES string of the molecule is CCS(=O)(=O)N1CCC(NC(=O)c2cccc(O)c2)CC1. The zero-order chi connectivity index (χ0) is 15.5. The Balaban J connectivity index is 1.91. The van der Waals surface area contributed by atoms with E-state index in [1.165, 1.54) is 16.4 Å². The van der Waals surface area contributed by atoms with Gasteiger partial charge in [-0.05, 0) is 38.0 Å². The van der Waals surface area contributed by atoms with E-state index in [4.69, 9.17) is 0 Å². The first-order valence-corrected chi connectivity index (χ1v) is 8.61. The Kier molecular flexibility index (Phi) is 4.84. The topological polar surface area (TPSA) is 86.7 Å². The molecule has 2 N–H and O–H groups in total. The second kappa shape index (κ2) is 6.44. The van der Waals surface area contributed by atoms with Gasteiger partial charge in [-0.15, -0.1) is 0 Å². The molecule has 1 saturated heterocycles. The van der Waals surface area contributed by atoms with Crippen LogP contribution in [0.3, 0.4) is 0 Å². The molecule has 1 aliphatic rings. The van der Waals surface area contributed by atoms with Crippen molar-refractivity contribution in [1.29, 1.82) is 0 Å². The number of carbonyl (C=O) groups excluding carboxylic acids is 1. The van der Waals surface area contributed by atoms with Crippen molar-refractivity contribution in [3.63, 3.8) is 0 Å². The number of phenolic OH excluding ortho intramolecular Hbond substituents is 1. The summed E-state index contributed by atoms with van der Waals surface area (Å²) in [5.74, 6) is -0.0953. The Bertz CT molecular complexity index is 607. The summed E-state index contributed by atoms with van der Waals surface area (Å²) in [5.41, 5.74) is 0.401. The first-order chi connectivity index (χ1) is 9.92. The molecule has 2 rings (SSSR count). The Morgan fingerprint density at radius 1 is 1.38 bits per heavy atom. The van der Waals surface area contributed by atoms with Crippen LogP contribution in [0.25, 0.3) is 0 Å². The quantitative estimate of drug-likeness (QED) is 0.866. The normalized spacial score (nSPS) is 17.6. The molecular weight excluding hydrogens is 292 g/mol. The van der Waals surface area contributed by atoms with E-state index in [9.17, 15) is 18.3 Å². The van der Waals surface area contributed by atoms with Gasteiger partial charge >= 0.3 is 0 Å². The van der Waals surface area contributed by atoms with Crippen LogP contribution in [0.5, 0.6) is 5.75 Å². The second-order valence-corrected chi connectivity index (χ2v) is 7.36. The number of benzene rings is 1. The number of carbonyl (C=O) groups is 1. The molecule has 7 heteroatoms. The van der Waals surface area contributed by atoms with Gasteiger partial charge in [0, 0.05) is 24.7 Å². The van der Waals surface area contributed by atoms with Gasteiger partial charge in [0.05, 0.1) is 5.75 Å². The second-order valence-electron chi connectivity index (χ2n) is 5.10. The van der Waals surface area contributed by atoms with Crippen molar-refractivity contribution >= 4 is 15.9 Å². The zero-order valence-electron chi connectivity index (χ0n) is 11.9. The van der Waals surface area contributed by atoms with Crippen molar-refractivity contribution in [3.05, 3.63) is 29.8 Å². The molecule has 1 fully saturated rings. The van der Waals surface area contributed by atoms with E-state index in [-0.39, 0.29) is 23.5 Å². The largest absolute Gasteiger partial charge is 0.508 e. The van der Waals surface area contributed by atoms with Gasteiger partial charge in [0.25, 0.3) is 5.91 Å². The number of aromatic hydroxyl groups is 1. The monoisotopic (exact) mass is 312 g/mol. The fourth-order valence-electron chi connectivity index (χ4n) is 2.38. The summed E-state index contributed by atoms with van der Waals surface area (Å²) in [6.07, 6.45) is 1.20. The summed E-state index contributed by atoms with van der Waals surface area (Å²) in [6, 6.07) is 6.12. The number of nitrogens with one attached hydrogen (secondary N) is 1. The third-order valence-corrected chi connectivity index (χ3v) is 5.54. The van der Waals surface area contributed by atoms with Crippen molar-refractivity contribution in [3.8, 4) is 5.75 Å². The number of amides is 1. The molecular formula is C14H20N2O4S. The fraction of sp³-hybridized carbons (Fsp3) is 0.500. The smallest absolute Gasteiger partial charge is 0.251 e. The minimum atomic E-state index is -3.14. The molecule has 6 nitrogen and oxygen atoms in total. The van der Waals surface area contributed by atoms with Gasteiger partial charge in [-0.2, -0.15) is 0 Å². The molecule has 0 aromatic heterocycles. The fourth-order valence-corrected chi connectivity index (χ4v) is 3.51. The van der Waals surface area contributed by atoms with Crippen LogP contribution < -0.4 is 5.32 Å². The number of phenols is 1. The molecule has 0 spiro atoms. The van der Waals surface area contributed by atoms with E-state index in [0.717, 1.165) is 0 Å². The van der Waals surface area contributed by atoms with Gasteiger partial charge in [0.1, 0.15) is 5.75 Å². The highest BCUT2D eigenvalue weighted by molar-refractivity contribution is 7.89. The minimum Gasteiger partial charge on any atom is -0.508 e. The number of sulfonamides is 1. The lowest BCUT2D eigenvalue weighted by atomic mass is 10.1. The van der Waals surface area contributed by atoms with Crippen LogP contribution in [0.2, 0.25) is 0 Å². The Hall–Kier alpha value is -1.60. The predicted octanol–water partition coefficient (Wildman–Crippen LogP) is 0.936. The molecule has 1 aromatic rings. The highest BCUT2D eigenvalue weighted by Gasteiger charge is 2.27. The van der Waals surface area contributed by atoms with Crippen molar-refractivity contribution in [1.82, 2.24) is 9.62 Å². The lowest BCUT2D eigenvalue weighted by molar-refractivity contribution is 0.0923. The van der Waals surface area contributed by atoms with Crippen LogP contribution in [-0.4, -0.2) is 48.6 Å². The molecule has 1 amide bonds. The third kappa shape index (κ3) is 3.95. The van der Waals surface area contributed by atoms with Gasteiger partial charge in [-0.3, -0.25) is 4.79 Å². The number of rotatable bonds is 4. The van der Waals surface area contributed by atoms with Crippen molar-refractivity contribution in [2.75, 3.05) is 18.8 Å². The van der Waals surface area contributed by atoms with Gasteiger partial charge < -0.3 is 10.4 Å². The Morgan fingerprint density at radius 2 is 2.05 bits per heavy atom. The van der Waals surface area contributed by atoms with Gasteiger partial charge in [0.2, 0.25) is 10.0 Å². The van der Waals surface area contributed by atoms with E-state index in [0.29, 0.717) is 31.5 Å². The molecule has 1 aromatic carbocycles. The van der Waals surface area contributed by atoms with Crippen molar-refractivity contribution < 1.29 is 18.3 Å². The summed E-state index contributed by atoms with van der Waals surface area (Å²) in [4.78, 5) is 12.0. The summed E-state index contributed by atoms with van der Waals surface area (Å²) in [6.45, 7) is 2.49. The lowest BCUT2D eigenvalue weighted by Crippen LogP contribution is -2.46. The maximum Gasteiger partial charge on any atom is 0.251 e. The number of hydrogen-bond acceptors (Lipinski definition) is 4. The third-order valence-electron chi connectivity index (χ3n) is 3.66. The molecule has 0 aliphatic carbocycles. The van der Waals surface area contributed by atoms with Crippen LogP contribution in [0.4, 0.5) is 0 Å². The molecule has 0 atom stereocenters. The number of nitrogens with zero attached hydrogens (tertiary/aromatic N) is 1.